The largest absolute Gasteiger partial charge is 0.464 e. The second kappa shape index (κ2) is 6.87. The molecule has 1 N–H and O–H groups in total. The van der Waals surface area contributed by atoms with Gasteiger partial charge >= 0.3 is 0 Å². The molecule has 0 saturated heterocycles. The molecule has 1 heterocycles. The summed E-state index contributed by atoms with van der Waals surface area (Å²) in [6.07, 6.45) is 2.62. The molecule has 1 aromatic heterocycles. The van der Waals surface area contributed by atoms with E-state index in [-0.39, 0.29) is 11.7 Å². The minimum Gasteiger partial charge on any atom is -0.464 e. The highest BCUT2D eigenvalue weighted by Gasteiger charge is 2.11. The molecule has 2 aromatic carbocycles. The van der Waals surface area contributed by atoms with Gasteiger partial charge in [-0.25, -0.2) is 4.39 Å². The van der Waals surface area contributed by atoms with Crippen LogP contribution >= 0.6 is 0 Å². The molecule has 0 spiro atoms. The van der Waals surface area contributed by atoms with E-state index < -0.39 is 0 Å². The molecule has 124 valence electrons. The number of amides is 1. The summed E-state index contributed by atoms with van der Waals surface area (Å²) in [6.45, 7) is 4.62. The summed E-state index contributed by atoms with van der Waals surface area (Å²) in [6, 6.07) is 10.4. The summed E-state index contributed by atoms with van der Waals surface area (Å²) in [7, 11) is 0. The lowest BCUT2D eigenvalue weighted by molar-refractivity contribution is -0.120. The van der Waals surface area contributed by atoms with Crippen molar-refractivity contribution in [3.05, 3.63) is 70.7 Å². The zero-order chi connectivity index (χ0) is 17.1. The molecule has 0 fully saturated rings. The van der Waals surface area contributed by atoms with E-state index in [0.29, 0.717) is 19.4 Å². The van der Waals surface area contributed by atoms with Gasteiger partial charge < -0.3 is 9.73 Å². The number of fused-ring (bicyclic) bond motifs is 1. The minimum absolute atomic E-state index is 0.0435. The van der Waals surface area contributed by atoms with E-state index in [4.69, 9.17) is 4.42 Å². The lowest BCUT2D eigenvalue weighted by Gasteiger charge is -2.05. The van der Waals surface area contributed by atoms with Crippen LogP contribution in [0.2, 0.25) is 0 Å². The van der Waals surface area contributed by atoms with Crippen LogP contribution in [0.5, 0.6) is 0 Å². The zero-order valence-electron chi connectivity index (χ0n) is 13.9. The van der Waals surface area contributed by atoms with Crippen LogP contribution in [0.25, 0.3) is 11.0 Å². The Bertz CT molecular complexity index is 865. The Morgan fingerprint density at radius 1 is 1.12 bits per heavy atom. The molecule has 3 aromatic rings. The summed E-state index contributed by atoms with van der Waals surface area (Å²) in [4.78, 5) is 12.1. The van der Waals surface area contributed by atoms with Crippen molar-refractivity contribution < 1.29 is 13.6 Å². The number of rotatable bonds is 5. The highest BCUT2D eigenvalue weighted by molar-refractivity contribution is 5.88. The fourth-order valence-corrected chi connectivity index (χ4v) is 2.71. The van der Waals surface area contributed by atoms with Crippen molar-refractivity contribution in [3.8, 4) is 0 Å². The van der Waals surface area contributed by atoms with E-state index in [2.05, 4.69) is 11.4 Å². The molecule has 0 saturated carbocycles. The molecule has 0 unspecified atom stereocenters. The molecule has 0 radical (unpaired) electrons. The second-order valence-electron chi connectivity index (χ2n) is 6.10. The number of hydrogen-bond acceptors (Lipinski definition) is 2. The Hall–Kier alpha value is -2.62. The van der Waals surface area contributed by atoms with Crippen molar-refractivity contribution in [1.29, 1.82) is 0 Å². The number of nitrogens with one attached hydrogen (secondary N) is 1. The molecular formula is C20H20FNO2. The van der Waals surface area contributed by atoms with Gasteiger partial charge in [0.15, 0.2) is 0 Å². The third-order valence-electron chi connectivity index (χ3n) is 4.27. The van der Waals surface area contributed by atoms with Crippen LogP contribution in [-0.4, -0.2) is 12.5 Å². The number of furan rings is 1. The average molecular weight is 325 g/mol. The first-order valence-electron chi connectivity index (χ1n) is 8.01. The lowest BCUT2D eigenvalue weighted by Crippen LogP contribution is -2.27. The number of hydrogen-bond donors (Lipinski definition) is 1. The van der Waals surface area contributed by atoms with E-state index in [1.807, 2.05) is 19.9 Å². The van der Waals surface area contributed by atoms with E-state index in [9.17, 15) is 9.18 Å². The quantitative estimate of drug-likeness (QED) is 0.768. The number of aryl methyl sites for hydroxylation is 2. The molecule has 0 atom stereocenters. The standard InChI is InChI=1S/C20H20FNO2/c1-13-9-18-16(12-24-19(18)10-14(13)2)11-20(23)22-8-7-15-3-5-17(21)6-4-15/h3-6,9-10,12H,7-8,11H2,1-2H3,(H,22,23). The fraction of sp³-hybridized carbons (Fsp3) is 0.250. The van der Waals surface area contributed by atoms with Gasteiger partial charge in [-0.05, 0) is 61.2 Å². The Kier molecular flexibility index (Phi) is 4.65. The fourth-order valence-electron chi connectivity index (χ4n) is 2.71. The Labute approximate surface area is 140 Å². The second-order valence-corrected chi connectivity index (χ2v) is 6.10. The van der Waals surface area contributed by atoms with Crippen molar-refractivity contribution in [3.63, 3.8) is 0 Å². The van der Waals surface area contributed by atoms with Crippen molar-refractivity contribution in [1.82, 2.24) is 5.32 Å². The smallest absolute Gasteiger partial charge is 0.224 e. The summed E-state index contributed by atoms with van der Waals surface area (Å²) < 4.78 is 18.4. The van der Waals surface area contributed by atoms with Crippen LogP contribution in [0.4, 0.5) is 4.39 Å². The third-order valence-corrected chi connectivity index (χ3v) is 4.27. The summed E-state index contributed by atoms with van der Waals surface area (Å²) in [5, 5.41) is 3.89. The number of carbonyl (C=O) groups is 1. The maximum Gasteiger partial charge on any atom is 0.224 e. The molecule has 0 aliphatic carbocycles. The SMILES string of the molecule is Cc1cc2occ(CC(=O)NCCc3ccc(F)cc3)c2cc1C. The molecule has 0 aliphatic heterocycles. The lowest BCUT2D eigenvalue weighted by atomic mass is 10.0. The van der Waals surface area contributed by atoms with Crippen molar-refractivity contribution >= 4 is 16.9 Å². The van der Waals surface area contributed by atoms with Gasteiger partial charge in [-0.3, -0.25) is 4.79 Å². The third kappa shape index (κ3) is 3.65. The molecule has 1 amide bonds. The average Bonchev–Trinajstić information content (AvgIpc) is 2.92. The summed E-state index contributed by atoms with van der Waals surface area (Å²) in [5.74, 6) is -0.293. The molecule has 3 nitrogen and oxygen atoms in total. The number of carbonyl (C=O) groups excluding carboxylic acids is 1. The highest BCUT2D eigenvalue weighted by atomic mass is 19.1. The molecule has 0 aliphatic rings. The Morgan fingerprint density at radius 2 is 1.83 bits per heavy atom. The van der Waals surface area contributed by atoms with Gasteiger partial charge in [0, 0.05) is 17.5 Å². The van der Waals surface area contributed by atoms with Crippen LogP contribution in [0.15, 0.2) is 47.1 Å². The first kappa shape index (κ1) is 16.2. The normalized spacial score (nSPS) is 11.0. The number of benzene rings is 2. The van der Waals surface area contributed by atoms with Crippen LogP contribution in [-0.2, 0) is 17.6 Å². The van der Waals surface area contributed by atoms with Crippen LogP contribution in [0, 0.1) is 19.7 Å². The van der Waals surface area contributed by atoms with Crippen LogP contribution in [0.1, 0.15) is 22.3 Å². The van der Waals surface area contributed by atoms with Crippen molar-refractivity contribution in [2.75, 3.05) is 6.54 Å². The molecule has 3 rings (SSSR count). The number of halogens is 1. The van der Waals surface area contributed by atoms with Gasteiger partial charge in [0.25, 0.3) is 0 Å². The first-order chi connectivity index (χ1) is 11.5. The molecule has 0 bridgehead atoms. The summed E-state index contributed by atoms with van der Waals surface area (Å²) >= 11 is 0. The molecular weight excluding hydrogens is 305 g/mol. The van der Waals surface area contributed by atoms with E-state index in [0.717, 1.165) is 22.1 Å². The van der Waals surface area contributed by atoms with Gasteiger partial charge in [0.1, 0.15) is 11.4 Å². The highest BCUT2D eigenvalue weighted by Crippen LogP contribution is 2.25. The maximum absolute atomic E-state index is 12.9. The Balaban J connectivity index is 1.59. The van der Waals surface area contributed by atoms with Gasteiger partial charge in [-0.2, -0.15) is 0 Å². The van der Waals surface area contributed by atoms with Crippen LogP contribution in [0.3, 0.4) is 0 Å². The van der Waals surface area contributed by atoms with E-state index in [1.54, 1.807) is 18.4 Å². The van der Waals surface area contributed by atoms with Crippen molar-refractivity contribution in [2.45, 2.75) is 26.7 Å². The zero-order valence-corrected chi connectivity index (χ0v) is 13.9. The predicted molar refractivity (Wildman–Crippen MR) is 92.5 cm³/mol. The van der Waals surface area contributed by atoms with E-state index in [1.165, 1.54) is 23.3 Å². The summed E-state index contributed by atoms with van der Waals surface area (Å²) in [5.41, 5.74) is 5.06. The van der Waals surface area contributed by atoms with Crippen molar-refractivity contribution in [2.24, 2.45) is 0 Å². The van der Waals surface area contributed by atoms with Crippen LogP contribution < -0.4 is 5.32 Å². The molecule has 24 heavy (non-hydrogen) atoms. The van der Waals surface area contributed by atoms with Gasteiger partial charge in [0.2, 0.25) is 5.91 Å². The van der Waals surface area contributed by atoms with E-state index >= 15 is 0 Å². The van der Waals surface area contributed by atoms with Gasteiger partial charge in [0.05, 0.1) is 12.7 Å². The Morgan fingerprint density at radius 3 is 2.58 bits per heavy atom. The maximum atomic E-state index is 12.9. The topological polar surface area (TPSA) is 42.2 Å². The first-order valence-corrected chi connectivity index (χ1v) is 8.01. The van der Waals surface area contributed by atoms with Gasteiger partial charge in [-0.1, -0.05) is 12.1 Å². The van der Waals surface area contributed by atoms with Gasteiger partial charge in [-0.15, -0.1) is 0 Å². The minimum atomic E-state index is -0.250. The molecule has 4 heteroatoms. The predicted octanol–water partition coefficient (Wildman–Crippen LogP) is 4.09. The monoisotopic (exact) mass is 325 g/mol.